The van der Waals surface area contributed by atoms with Crippen molar-refractivity contribution < 1.29 is 9.53 Å². The monoisotopic (exact) mass is 351 g/mol. The van der Waals surface area contributed by atoms with Gasteiger partial charge in [0, 0.05) is 17.3 Å². The van der Waals surface area contributed by atoms with E-state index in [4.69, 9.17) is 4.74 Å². The van der Waals surface area contributed by atoms with Gasteiger partial charge in [0.1, 0.15) is 11.4 Å². The van der Waals surface area contributed by atoms with Gasteiger partial charge in [-0.05, 0) is 45.1 Å². The highest BCUT2D eigenvalue weighted by Crippen LogP contribution is 2.39. The summed E-state index contributed by atoms with van der Waals surface area (Å²) < 4.78 is 7.56. The van der Waals surface area contributed by atoms with Crippen LogP contribution in [0.1, 0.15) is 50.4 Å². The predicted octanol–water partition coefficient (Wildman–Crippen LogP) is 3.70. The predicted molar refractivity (Wildman–Crippen MR) is 92.0 cm³/mol. The molecular formula is C16H21N3O2S2. The number of ether oxygens (including phenoxy) is 1. The molecule has 2 aromatic heterocycles. The van der Waals surface area contributed by atoms with E-state index in [0.717, 1.165) is 30.2 Å². The number of carbonyl (C=O) groups excluding carboxylic acids is 1. The van der Waals surface area contributed by atoms with Crippen LogP contribution in [0.5, 0.6) is 0 Å². The summed E-state index contributed by atoms with van der Waals surface area (Å²) in [5.74, 6) is 1.04. The highest BCUT2D eigenvalue weighted by atomic mass is 32.2. The van der Waals surface area contributed by atoms with Gasteiger partial charge in [0.2, 0.25) is 0 Å². The van der Waals surface area contributed by atoms with Crippen LogP contribution in [-0.2, 0) is 16.0 Å². The number of esters is 1. The van der Waals surface area contributed by atoms with E-state index < -0.39 is 5.60 Å². The Morgan fingerprint density at radius 1 is 1.43 bits per heavy atom. The van der Waals surface area contributed by atoms with Crippen molar-refractivity contribution in [2.75, 3.05) is 5.75 Å². The molecular weight excluding hydrogens is 330 g/mol. The number of hydrogen-bond donors (Lipinski definition) is 0. The van der Waals surface area contributed by atoms with Crippen LogP contribution in [0.4, 0.5) is 0 Å². The first-order valence-electron chi connectivity index (χ1n) is 7.73. The number of rotatable bonds is 6. The molecule has 1 saturated carbocycles. The standard InChI is InChI=1S/C16H21N3O2S2/c1-16(2,3)21-14(20)10-23-15-18-17-13(19(15)11-6-7-11)9-12-5-4-8-22-12/h4-5,8,11H,6-7,9-10H2,1-3H3. The van der Waals surface area contributed by atoms with E-state index in [0.29, 0.717) is 6.04 Å². The topological polar surface area (TPSA) is 57.0 Å². The third kappa shape index (κ3) is 4.57. The largest absolute Gasteiger partial charge is 0.459 e. The van der Waals surface area contributed by atoms with E-state index in [1.807, 2.05) is 20.8 Å². The normalized spacial score (nSPS) is 14.9. The van der Waals surface area contributed by atoms with Crippen molar-refractivity contribution in [1.29, 1.82) is 0 Å². The molecule has 0 unspecified atom stereocenters. The second-order valence-corrected chi connectivity index (χ2v) is 8.61. The van der Waals surface area contributed by atoms with Gasteiger partial charge in [0.15, 0.2) is 5.16 Å². The minimum absolute atomic E-state index is 0.215. The van der Waals surface area contributed by atoms with Crippen LogP contribution in [-0.4, -0.2) is 32.1 Å². The molecule has 0 saturated heterocycles. The lowest BCUT2D eigenvalue weighted by Crippen LogP contribution is -2.25. The van der Waals surface area contributed by atoms with Crippen molar-refractivity contribution in [1.82, 2.24) is 14.8 Å². The van der Waals surface area contributed by atoms with Gasteiger partial charge >= 0.3 is 5.97 Å². The van der Waals surface area contributed by atoms with Crippen molar-refractivity contribution in [2.45, 2.75) is 56.8 Å². The first kappa shape index (κ1) is 16.5. The molecule has 2 aromatic rings. The lowest BCUT2D eigenvalue weighted by Gasteiger charge is -2.19. The number of nitrogens with zero attached hydrogens (tertiary/aromatic N) is 3. The van der Waals surface area contributed by atoms with Crippen molar-refractivity contribution in [3.8, 4) is 0 Å². The fraction of sp³-hybridized carbons (Fsp3) is 0.562. The Kier molecular flexibility index (Phi) is 4.77. The SMILES string of the molecule is CC(C)(C)OC(=O)CSc1nnc(Cc2cccs2)n1C1CC1. The maximum atomic E-state index is 11.9. The van der Waals surface area contributed by atoms with Gasteiger partial charge in [0.25, 0.3) is 0 Å². The third-order valence-corrected chi connectivity index (χ3v) is 5.09. The van der Waals surface area contributed by atoms with Gasteiger partial charge < -0.3 is 9.30 Å². The summed E-state index contributed by atoms with van der Waals surface area (Å²) in [6.45, 7) is 5.63. The lowest BCUT2D eigenvalue weighted by atomic mass is 10.2. The highest BCUT2D eigenvalue weighted by molar-refractivity contribution is 7.99. The molecule has 0 radical (unpaired) electrons. The zero-order chi connectivity index (χ0) is 16.4. The zero-order valence-electron chi connectivity index (χ0n) is 13.6. The average Bonchev–Trinajstić information content (AvgIpc) is 3.00. The summed E-state index contributed by atoms with van der Waals surface area (Å²) in [6.07, 6.45) is 3.12. The van der Waals surface area contributed by atoms with E-state index in [1.54, 1.807) is 11.3 Å². The summed E-state index contributed by atoms with van der Waals surface area (Å²) in [7, 11) is 0. The molecule has 0 aromatic carbocycles. The Morgan fingerprint density at radius 2 is 2.22 bits per heavy atom. The highest BCUT2D eigenvalue weighted by Gasteiger charge is 2.30. The Morgan fingerprint density at radius 3 is 2.83 bits per heavy atom. The van der Waals surface area contributed by atoms with E-state index in [2.05, 4.69) is 32.3 Å². The zero-order valence-corrected chi connectivity index (χ0v) is 15.2. The fourth-order valence-electron chi connectivity index (χ4n) is 2.29. The molecule has 7 heteroatoms. The first-order valence-corrected chi connectivity index (χ1v) is 9.60. The molecule has 2 heterocycles. The summed E-state index contributed by atoms with van der Waals surface area (Å²) in [5.41, 5.74) is -0.452. The average molecular weight is 351 g/mol. The molecule has 23 heavy (non-hydrogen) atoms. The number of aromatic nitrogens is 3. The summed E-state index contributed by atoms with van der Waals surface area (Å²) in [6, 6.07) is 4.65. The number of hydrogen-bond acceptors (Lipinski definition) is 6. The number of thiophene rings is 1. The third-order valence-electron chi connectivity index (χ3n) is 3.30. The van der Waals surface area contributed by atoms with Gasteiger partial charge in [0.05, 0.1) is 5.75 Å². The number of carbonyl (C=O) groups is 1. The van der Waals surface area contributed by atoms with Crippen molar-refractivity contribution in [3.63, 3.8) is 0 Å². The van der Waals surface area contributed by atoms with Crippen molar-refractivity contribution in [2.24, 2.45) is 0 Å². The molecule has 1 aliphatic rings. The Hall–Kier alpha value is -1.34. The Labute approximate surface area is 144 Å². The lowest BCUT2D eigenvalue weighted by molar-refractivity contribution is -0.151. The summed E-state index contributed by atoms with van der Waals surface area (Å²) in [4.78, 5) is 13.2. The molecule has 0 atom stereocenters. The first-order chi connectivity index (χ1) is 10.9. The molecule has 0 spiro atoms. The molecule has 3 rings (SSSR count). The van der Waals surface area contributed by atoms with Gasteiger partial charge in [-0.25, -0.2) is 0 Å². The maximum Gasteiger partial charge on any atom is 0.316 e. The minimum Gasteiger partial charge on any atom is -0.459 e. The second-order valence-electron chi connectivity index (χ2n) is 6.63. The van der Waals surface area contributed by atoms with E-state index in [9.17, 15) is 4.79 Å². The van der Waals surface area contributed by atoms with Crippen LogP contribution in [0, 0.1) is 0 Å². The van der Waals surface area contributed by atoms with Crippen molar-refractivity contribution in [3.05, 3.63) is 28.2 Å². The Bertz CT molecular complexity index is 670. The number of thioether (sulfide) groups is 1. The van der Waals surface area contributed by atoms with E-state index in [-0.39, 0.29) is 11.7 Å². The van der Waals surface area contributed by atoms with E-state index >= 15 is 0 Å². The molecule has 124 valence electrons. The van der Waals surface area contributed by atoms with Gasteiger partial charge in [-0.3, -0.25) is 4.79 Å². The molecule has 0 amide bonds. The molecule has 5 nitrogen and oxygen atoms in total. The summed E-state index contributed by atoms with van der Waals surface area (Å²) in [5, 5.41) is 11.5. The van der Waals surface area contributed by atoms with Gasteiger partial charge in [-0.2, -0.15) is 0 Å². The van der Waals surface area contributed by atoms with Gasteiger partial charge in [-0.1, -0.05) is 17.8 Å². The van der Waals surface area contributed by atoms with E-state index in [1.165, 1.54) is 16.6 Å². The molecule has 1 fully saturated rings. The quantitative estimate of drug-likeness (QED) is 0.587. The van der Waals surface area contributed by atoms with Crippen LogP contribution >= 0.6 is 23.1 Å². The van der Waals surface area contributed by atoms with Gasteiger partial charge in [-0.15, -0.1) is 21.5 Å². The molecule has 0 aliphatic heterocycles. The molecule has 0 N–H and O–H groups in total. The van der Waals surface area contributed by atoms with Crippen molar-refractivity contribution >= 4 is 29.1 Å². The summed E-state index contributed by atoms with van der Waals surface area (Å²) >= 11 is 3.15. The minimum atomic E-state index is -0.452. The van der Waals surface area contributed by atoms with Crippen LogP contribution in [0.3, 0.4) is 0 Å². The smallest absolute Gasteiger partial charge is 0.316 e. The maximum absolute atomic E-state index is 11.9. The van der Waals surface area contributed by atoms with Crippen LogP contribution in [0.15, 0.2) is 22.7 Å². The van der Waals surface area contributed by atoms with Crippen LogP contribution in [0.25, 0.3) is 0 Å². The molecule has 1 aliphatic carbocycles. The second kappa shape index (κ2) is 6.65. The van der Waals surface area contributed by atoms with Crippen LogP contribution < -0.4 is 0 Å². The fourth-order valence-corrected chi connectivity index (χ4v) is 3.79. The Balaban J connectivity index is 1.68. The van der Waals surface area contributed by atoms with Crippen LogP contribution in [0.2, 0.25) is 0 Å². The molecule has 0 bridgehead atoms.